The smallest absolute Gasteiger partial charge is 0.305 e. The van der Waals surface area contributed by atoms with E-state index in [0.29, 0.717) is 57.0 Å². The molecule has 1 aromatic carbocycles. The van der Waals surface area contributed by atoms with Gasteiger partial charge in [-0.3, -0.25) is 4.79 Å². The Hall–Kier alpha value is -1.84. The van der Waals surface area contributed by atoms with E-state index in [2.05, 4.69) is 4.72 Å². The van der Waals surface area contributed by atoms with Crippen LogP contribution < -0.4 is 14.2 Å². The van der Waals surface area contributed by atoms with Crippen LogP contribution in [0.15, 0.2) is 18.2 Å². The van der Waals surface area contributed by atoms with E-state index in [1.54, 1.807) is 32.2 Å². The summed E-state index contributed by atoms with van der Waals surface area (Å²) in [4.78, 5) is 11.4. The minimum absolute atomic E-state index is 0.00197. The van der Waals surface area contributed by atoms with Gasteiger partial charge in [-0.05, 0) is 51.8 Å². The summed E-state index contributed by atoms with van der Waals surface area (Å²) in [6.07, 6.45) is 1.75. The lowest BCUT2D eigenvalue weighted by Crippen LogP contribution is -2.41. The molecule has 170 valence electrons. The molecule has 1 aliphatic heterocycles. The molecule has 1 aliphatic rings. The van der Waals surface area contributed by atoms with Gasteiger partial charge in [0.15, 0.2) is 0 Å². The second-order valence-corrected chi connectivity index (χ2v) is 9.73. The number of hydrogen-bond acceptors (Lipinski definition) is 7. The third-order valence-corrected chi connectivity index (χ3v) is 6.09. The average Bonchev–Trinajstić information content (AvgIpc) is 2.65. The Balaban J connectivity index is 2.07. The van der Waals surface area contributed by atoms with Gasteiger partial charge in [0.2, 0.25) is 10.0 Å². The van der Waals surface area contributed by atoms with Gasteiger partial charge in [-0.2, -0.15) is 0 Å². The maximum atomic E-state index is 12.5. The van der Waals surface area contributed by atoms with E-state index in [1.807, 2.05) is 13.8 Å². The largest absolute Gasteiger partial charge is 0.494 e. The summed E-state index contributed by atoms with van der Waals surface area (Å²) in [6, 6.07) is 4.97. The summed E-state index contributed by atoms with van der Waals surface area (Å²) in [6.45, 7) is 6.75. The SMILES string of the molecule is CCOC(=O)CCCOc1ccc2c(c1)C(NS(=O)(=O)CCCOC)CC(C)(C)O2. The van der Waals surface area contributed by atoms with E-state index in [0.717, 1.165) is 5.56 Å². The molecule has 1 atom stereocenters. The highest BCUT2D eigenvalue weighted by molar-refractivity contribution is 7.89. The molecule has 0 saturated heterocycles. The fourth-order valence-corrected chi connectivity index (χ4v) is 4.60. The Morgan fingerprint density at radius 3 is 2.73 bits per heavy atom. The lowest BCUT2D eigenvalue weighted by molar-refractivity contribution is -0.143. The standard InChI is InChI=1S/C21H33NO7S/c1-5-27-20(23)8-6-12-28-16-9-10-19-17(14-16)18(15-21(2,3)29-19)22-30(24,25)13-7-11-26-4/h9-10,14,18,22H,5-8,11-13,15H2,1-4H3. The fraction of sp³-hybridized carbons (Fsp3) is 0.667. The number of fused-ring (bicyclic) bond motifs is 1. The number of hydrogen-bond donors (Lipinski definition) is 1. The van der Waals surface area contributed by atoms with E-state index in [9.17, 15) is 13.2 Å². The lowest BCUT2D eigenvalue weighted by atomic mass is 9.90. The van der Waals surface area contributed by atoms with Crippen LogP contribution in [0.3, 0.4) is 0 Å². The van der Waals surface area contributed by atoms with Crippen LogP contribution in [0, 0.1) is 0 Å². The number of esters is 1. The molecule has 8 nitrogen and oxygen atoms in total. The molecule has 0 saturated carbocycles. The number of ether oxygens (including phenoxy) is 4. The summed E-state index contributed by atoms with van der Waals surface area (Å²) in [5.74, 6) is 0.988. The van der Waals surface area contributed by atoms with E-state index in [4.69, 9.17) is 18.9 Å². The number of carbonyl (C=O) groups excluding carboxylic acids is 1. The Bertz CT molecular complexity index is 808. The normalized spacial score (nSPS) is 17.7. The van der Waals surface area contributed by atoms with Gasteiger partial charge in [0.1, 0.15) is 17.1 Å². The molecule has 1 aromatic rings. The van der Waals surface area contributed by atoms with Crippen molar-refractivity contribution in [2.24, 2.45) is 0 Å². The van der Waals surface area contributed by atoms with Gasteiger partial charge >= 0.3 is 5.97 Å². The maximum Gasteiger partial charge on any atom is 0.305 e. The van der Waals surface area contributed by atoms with Gasteiger partial charge in [-0.15, -0.1) is 0 Å². The minimum atomic E-state index is -3.47. The lowest BCUT2D eigenvalue weighted by Gasteiger charge is -2.38. The Kier molecular flexibility index (Phi) is 8.93. The van der Waals surface area contributed by atoms with Gasteiger partial charge < -0.3 is 18.9 Å². The van der Waals surface area contributed by atoms with Crippen LogP contribution in [0.5, 0.6) is 11.5 Å². The van der Waals surface area contributed by atoms with Crippen molar-refractivity contribution >= 4 is 16.0 Å². The van der Waals surface area contributed by atoms with Crippen molar-refractivity contribution in [3.05, 3.63) is 23.8 Å². The summed E-state index contributed by atoms with van der Waals surface area (Å²) in [5.41, 5.74) is 0.238. The van der Waals surface area contributed by atoms with Crippen LogP contribution in [-0.2, 0) is 24.3 Å². The molecule has 30 heavy (non-hydrogen) atoms. The first-order valence-corrected chi connectivity index (χ1v) is 11.9. The molecule has 0 amide bonds. The third-order valence-electron chi connectivity index (χ3n) is 4.62. The van der Waals surface area contributed by atoms with Crippen molar-refractivity contribution in [2.45, 2.75) is 58.1 Å². The van der Waals surface area contributed by atoms with Crippen LogP contribution in [0.4, 0.5) is 0 Å². The predicted molar refractivity (Wildman–Crippen MR) is 113 cm³/mol. The van der Waals surface area contributed by atoms with Gasteiger partial charge in [-0.25, -0.2) is 13.1 Å². The van der Waals surface area contributed by atoms with E-state index >= 15 is 0 Å². The molecule has 0 spiro atoms. The molecule has 9 heteroatoms. The zero-order chi connectivity index (χ0) is 22.2. The number of nitrogens with one attached hydrogen (secondary N) is 1. The zero-order valence-electron chi connectivity index (χ0n) is 18.2. The van der Waals surface area contributed by atoms with Gasteiger partial charge in [-0.1, -0.05) is 0 Å². The molecule has 0 aromatic heterocycles. The molecule has 0 aliphatic carbocycles. The van der Waals surface area contributed by atoms with Crippen LogP contribution >= 0.6 is 0 Å². The van der Waals surface area contributed by atoms with Crippen molar-refractivity contribution in [1.29, 1.82) is 0 Å². The van der Waals surface area contributed by atoms with Crippen LogP contribution in [0.2, 0.25) is 0 Å². The summed E-state index contributed by atoms with van der Waals surface area (Å²) in [7, 11) is -1.93. The van der Waals surface area contributed by atoms with Gasteiger partial charge in [0.05, 0.1) is 25.0 Å². The second-order valence-electron chi connectivity index (χ2n) is 7.86. The van der Waals surface area contributed by atoms with E-state index in [-0.39, 0.29) is 11.7 Å². The molecule has 1 unspecified atom stereocenters. The highest BCUT2D eigenvalue weighted by Crippen LogP contribution is 2.41. The van der Waals surface area contributed by atoms with Crippen molar-refractivity contribution in [3.63, 3.8) is 0 Å². The van der Waals surface area contributed by atoms with Crippen molar-refractivity contribution in [2.75, 3.05) is 32.7 Å². The first-order valence-electron chi connectivity index (χ1n) is 10.3. The minimum Gasteiger partial charge on any atom is -0.494 e. The quantitative estimate of drug-likeness (QED) is 0.391. The molecule has 0 radical (unpaired) electrons. The van der Waals surface area contributed by atoms with Crippen LogP contribution in [-0.4, -0.2) is 52.7 Å². The number of sulfonamides is 1. The van der Waals surface area contributed by atoms with Gasteiger partial charge in [0.25, 0.3) is 0 Å². The second kappa shape index (κ2) is 11.0. The molecule has 0 fully saturated rings. The van der Waals surface area contributed by atoms with Crippen molar-refractivity contribution in [1.82, 2.24) is 4.72 Å². The molecular weight excluding hydrogens is 410 g/mol. The zero-order valence-corrected chi connectivity index (χ0v) is 19.0. The van der Waals surface area contributed by atoms with Gasteiger partial charge in [0, 0.05) is 32.1 Å². The molecule has 2 rings (SSSR count). The third kappa shape index (κ3) is 7.77. The van der Waals surface area contributed by atoms with E-state index in [1.165, 1.54) is 0 Å². The van der Waals surface area contributed by atoms with Crippen molar-refractivity contribution < 1.29 is 32.2 Å². The first-order chi connectivity index (χ1) is 14.2. The molecule has 1 heterocycles. The highest BCUT2D eigenvalue weighted by atomic mass is 32.2. The first kappa shape index (κ1) is 24.4. The van der Waals surface area contributed by atoms with Crippen LogP contribution in [0.1, 0.15) is 58.1 Å². The highest BCUT2D eigenvalue weighted by Gasteiger charge is 2.36. The number of methoxy groups -OCH3 is 1. The molecule has 0 bridgehead atoms. The summed E-state index contributed by atoms with van der Waals surface area (Å²) < 4.78 is 49.5. The monoisotopic (exact) mass is 443 g/mol. The summed E-state index contributed by atoms with van der Waals surface area (Å²) >= 11 is 0. The molecule has 1 N–H and O–H groups in total. The van der Waals surface area contributed by atoms with E-state index < -0.39 is 21.7 Å². The Morgan fingerprint density at radius 2 is 2.03 bits per heavy atom. The maximum absolute atomic E-state index is 12.5. The number of carbonyl (C=O) groups is 1. The Labute approximate surface area is 179 Å². The average molecular weight is 444 g/mol. The van der Waals surface area contributed by atoms with Crippen LogP contribution in [0.25, 0.3) is 0 Å². The van der Waals surface area contributed by atoms with Crippen molar-refractivity contribution in [3.8, 4) is 11.5 Å². The number of rotatable bonds is 12. The predicted octanol–water partition coefficient (Wildman–Crippen LogP) is 2.97. The topological polar surface area (TPSA) is 100 Å². The molecular formula is C21H33NO7S. The number of benzene rings is 1. The Morgan fingerprint density at radius 1 is 1.27 bits per heavy atom. The summed E-state index contributed by atoms with van der Waals surface area (Å²) in [5, 5.41) is 0. The fourth-order valence-electron chi connectivity index (χ4n) is 3.34.